The van der Waals surface area contributed by atoms with Crippen molar-refractivity contribution in [2.45, 2.75) is 0 Å². The molecule has 0 N–H and O–H groups in total. The zero-order valence-electron chi connectivity index (χ0n) is 40.7. The van der Waals surface area contributed by atoms with E-state index < -0.39 is 107 Å². The summed E-state index contributed by atoms with van der Waals surface area (Å²) >= 11 is 1.46. The molecule has 10 aromatic rings. The van der Waals surface area contributed by atoms with Crippen LogP contribution in [-0.4, -0.2) is 4.57 Å². The smallest absolute Gasteiger partial charge is 0.0645 e. The predicted octanol–water partition coefficient (Wildman–Crippen LogP) is 14.0. The average molecular weight is 683 g/mol. The first kappa shape index (κ1) is 18.5. The molecule has 0 aliphatic carbocycles. The molecule has 2 nitrogen and oxygen atoms in total. The van der Waals surface area contributed by atoms with Crippen molar-refractivity contribution in [3.8, 4) is 27.9 Å². The number of hydrogen-bond acceptors (Lipinski definition) is 2. The molecule has 0 fully saturated rings. The molecule has 0 radical (unpaired) electrons. The van der Waals surface area contributed by atoms with Gasteiger partial charge < -0.3 is 9.47 Å². The van der Waals surface area contributed by atoms with Gasteiger partial charge in [0.2, 0.25) is 0 Å². The molecule has 3 heteroatoms. The second kappa shape index (κ2) is 12.2. The van der Waals surface area contributed by atoms with Crippen LogP contribution < -0.4 is 4.90 Å². The molecule has 0 amide bonds. The fourth-order valence-corrected chi connectivity index (χ4v) is 8.16. The Kier molecular flexibility index (Phi) is 4.42. The second-order valence-electron chi connectivity index (χ2n) is 11.9. The normalized spacial score (nSPS) is 15.4. The van der Waals surface area contributed by atoms with Gasteiger partial charge >= 0.3 is 0 Å². The molecule has 0 aliphatic rings. The first-order chi connectivity index (χ1) is 31.1. The quantitative estimate of drug-likeness (QED) is 0.169. The van der Waals surface area contributed by atoms with E-state index in [2.05, 4.69) is 28.8 Å². The summed E-state index contributed by atoms with van der Waals surface area (Å²) in [4.78, 5) is 1.18. The monoisotopic (exact) mass is 682 g/mol. The second-order valence-corrected chi connectivity index (χ2v) is 12.9. The number of para-hydroxylation sites is 4. The van der Waals surface area contributed by atoms with Gasteiger partial charge in [0.05, 0.1) is 41.6 Å². The molecular weight excluding hydrogens is 637 g/mol. The van der Waals surface area contributed by atoms with Gasteiger partial charge in [-0.15, -0.1) is 11.3 Å². The Bertz CT molecular complexity index is 3550. The van der Waals surface area contributed by atoms with Gasteiger partial charge in [-0.2, -0.15) is 0 Å². The van der Waals surface area contributed by atoms with E-state index in [1.165, 1.54) is 16.2 Å². The number of nitrogens with zero attached hydrogens (tertiary/aromatic N) is 2. The number of benzene rings is 8. The number of fused-ring (bicyclic) bond motifs is 6. The fraction of sp³-hybridized carbons (Fsp3) is 0. The lowest BCUT2D eigenvalue weighted by atomic mass is 9.98. The molecule has 0 unspecified atom stereocenters. The summed E-state index contributed by atoms with van der Waals surface area (Å²) in [6, 6.07) is 25.4. The van der Waals surface area contributed by atoms with Crippen molar-refractivity contribution >= 4 is 70.4 Å². The van der Waals surface area contributed by atoms with Crippen LogP contribution in [0.5, 0.6) is 0 Å². The zero-order valence-corrected chi connectivity index (χ0v) is 27.5. The van der Waals surface area contributed by atoms with E-state index in [9.17, 15) is 8.22 Å². The van der Waals surface area contributed by atoms with Crippen molar-refractivity contribution in [1.82, 2.24) is 4.57 Å². The molecule has 0 saturated heterocycles. The molecule has 0 spiro atoms. The van der Waals surface area contributed by atoms with Crippen LogP contribution in [0.1, 0.15) is 19.2 Å². The van der Waals surface area contributed by atoms with Crippen LogP contribution in [-0.2, 0) is 0 Å². The van der Waals surface area contributed by atoms with E-state index >= 15 is 0 Å². The van der Waals surface area contributed by atoms with Gasteiger partial charge in [0.15, 0.2) is 0 Å². The summed E-state index contributed by atoms with van der Waals surface area (Å²) in [7, 11) is 0. The lowest BCUT2D eigenvalue weighted by Gasteiger charge is -2.27. The first-order valence-corrected chi connectivity index (χ1v) is 17.0. The summed E-state index contributed by atoms with van der Waals surface area (Å²) in [5.74, 6) is 0. The Morgan fingerprint density at radius 2 is 1.04 bits per heavy atom. The van der Waals surface area contributed by atoms with Gasteiger partial charge in [0.25, 0.3) is 0 Å². The van der Waals surface area contributed by atoms with Crippen LogP contribution in [0.4, 0.5) is 17.1 Å². The highest BCUT2D eigenvalue weighted by atomic mass is 32.1. The van der Waals surface area contributed by atoms with Gasteiger partial charge in [-0.1, -0.05) is 139 Å². The summed E-state index contributed by atoms with van der Waals surface area (Å²) < 4.78 is 128. The van der Waals surface area contributed by atoms with Crippen LogP contribution in [0.3, 0.4) is 0 Å². The largest absolute Gasteiger partial charge is 0.310 e. The molecule has 0 aliphatic heterocycles. The Morgan fingerprint density at radius 3 is 1.76 bits per heavy atom. The molecule has 8 aromatic carbocycles. The Balaban J connectivity index is 1.32. The standard InChI is InChI=1S/C48H32N2S/c1-3-15-33(16-4-1)34-27-29-36(30-28-34)49(35-17-5-2-6-18-35)45-32-31-40(48-47(45)41-22-10-14-26-46(41)51-48)39-21-9-13-25-44(39)50-42-23-11-7-19-37(42)38-20-8-12-24-43(38)50/h1-32H/i1D,2D,3D,4D,5D,6D,15D,16D,17D,18D,27D,28D,29D,30D. The van der Waals surface area contributed by atoms with Gasteiger partial charge in [-0.3, -0.25) is 0 Å². The minimum Gasteiger partial charge on any atom is -0.310 e. The maximum absolute atomic E-state index is 9.54. The topological polar surface area (TPSA) is 8.17 Å². The van der Waals surface area contributed by atoms with E-state index in [1.54, 1.807) is 6.07 Å². The van der Waals surface area contributed by atoms with E-state index in [4.69, 9.17) is 11.0 Å². The number of anilines is 3. The number of rotatable bonds is 6. The lowest BCUT2D eigenvalue weighted by molar-refractivity contribution is 1.18. The molecule has 0 atom stereocenters. The van der Waals surface area contributed by atoms with Gasteiger partial charge in [0.1, 0.15) is 0 Å². The van der Waals surface area contributed by atoms with Gasteiger partial charge in [-0.25, -0.2) is 0 Å². The van der Waals surface area contributed by atoms with E-state index in [0.29, 0.717) is 10.8 Å². The Morgan fingerprint density at radius 1 is 0.471 bits per heavy atom. The van der Waals surface area contributed by atoms with Crippen LogP contribution in [0.15, 0.2) is 194 Å². The van der Waals surface area contributed by atoms with E-state index in [-0.39, 0.29) is 5.69 Å². The van der Waals surface area contributed by atoms with Crippen LogP contribution in [0.2, 0.25) is 0 Å². The molecule has 51 heavy (non-hydrogen) atoms. The first-order valence-electron chi connectivity index (χ1n) is 23.2. The molecule has 2 aromatic heterocycles. The Labute approximate surface area is 320 Å². The molecule has 0 bridgehead atoms. The third kappa shape index (κ3) is 4.85. The highest BCUT2D eigenvalue weighted by Gasteiger charge is 2.23. The summed E-state index contributed by atoms with van der Waals surface area (Å²) in [5, 5.41) is 3.40. The van der Waals surface area contributed by atoms with E-state index in [0.717, 1.165) is 48.0 Å². The summed E-state index contributed by atoms with van der Waals surface area (Å²) in [5.41, 5.74) is 2.68. The van der Waals surface area contributed by atoms with Crippen molar-refractivity contribution in [2.75, 3.05) is 4.90 Å². The zero-order chi connectivity index (χ0) is 45.9. The molecular formula is C48H32N2S. The third-order valence-electron chi connectivity index (χ3n) is 9.06. The van der Waals surface area contributed by atoms with Crippen LogP contribution in [0.25, 0.3) is 69.9 Å². The Hall–Kier alpha value is -6.42. The van der Waals surface area contributed by atoms with Crippen molar-refractivity contribution < 1.29 is 19.2 Å². The van der Waals surface area contributed by atoms with Gasteiger partial charge in [0, 0.05) is 53.4 Å². The maximum atomic E-state index is 9.54. The minimum absolute atomic E-state index is 0.186. The van der Waals surface area contributed by atoms with Crippen molar-refractivity contribution in [3.05, 3.63) is 194 Å². The van der Waals surface area contributed by atoms with Gasteiger partial charge in [-0.05, 0) is 65.6 Å². The summed E-state index contributed by atoms with van der Waals surface area (Å²) in [6.07, 6.45) is 0. The highest BCUT2D eigenvalue weighted by molar-refractivity contribution is 7.26. The van der Waals surface area contributed by atoms with Crippen molar-refractivity contribution in [3.63, 3.8) is 0 Å². The SMILES string of the molecule is [2H]c1c([2H])c([2H])c(-c2c([2H])c([2H])c(N(c3c([2H])c([2H])c([2H])c([2H])c3[2H])c3ccc(-c4ccccc4-n4c5ccccc5c5ccccc54)c4sc5ccccc5c34)c([2H])c2[2H])c([2H])c1[2H]. The summed E-state index contributed by atoms with van der Waals surface area (Å²) in [6.45, 7) is 0. The molecule has 2 heterocycles. The minimum atomic E-state index is -0.764. The van der Waals surface area contributed by atoms with Crippen molar-refractivity contribution in [1.29, 1.82) is 0 Å². The highest BCUT2D eigenvalue weighted by Crippen LogP contribution is 2.49. The lowest BCUT2D eigenvalue weighted by Crippen LogP contribution is -2.10. The third-order valence-corrected chi connectivity index (χ3v) is 10.3. The average Bonchev–Trinajstić information content (AvgIpc) is 3.88. The van der Waals surface area contributed by atoms with E-state index in [1.807, 2.05) is 78.9 Å². The van der Waals surface area contributed by atoms with Crippen LogP contribution in [0, 0.1) is 0 Å². The fourth-order valence-electron chi connectivity index (χ4n) is 6.91. The molecule has 0 saturated carbocycles. The maximum Gasteiger partial charge on any atom is 0.0645 e. The van der Waals surface area contributed by atoms with Crippen molar-refractivity contribution in [2.24, 2.45) is 0 Å². The predicted molar refractivity (Wildman–Crippen MR) is 219 cm³/mol. The number of aromatic nitrogens is 1. The number of thiophene rings is 1. The molecule has 240 valence electrons. The molecule has 10 rings (SSSR count). The number of hydrogen-bond donors (Lipinski definition) is 0. The van der Waals surface area contributed by atoms with Crippen LogP contribution >= 0.6 is 11.3 Å².